The van der Waals surface area contributed by atoms with E-state index in [2.05, 4.69) is 5.32 Å². The van der Waals surface area contributed by atoms with Crippen LogP contribution in [0.2, 0.25) is 0 Å². The zero-order valence-corrected chi connectivity index (χ0v) is 20.5. The number of allylic oxidation sites excluding steroid dienone is 1. The molecule has 0 spiro atoms. The fourth-order valence-corrected chi connectivity index (χ4v) is 2.72. The predicted octanol–water partition coefficient (Wildman–Crippen LogP) is 0.737. The highest BCUT2D eigenvalue weighted by atomic mass is 31.2. The number of rotatable bonds is 8. The van der Waals surface area contributed by atoms with Gasteiger partial charge in [-0.3, -0.25) is 15.0 Å². The molecule has 1 aliphatic rings. The zero-order chi connectivity index (χ0) is 26.2. The Balaban J connectivity index is 0. The predicted molar refractivity (Wildman–Crippen MR) is 121 cm³/mol. The molecule has 0 heterocycles. The first kappa shape index (κ1) is 33.0. The smallest absolute Gasteiger partial charge is 0.463 e. The fourth-order valence-electron chi connectivity index (χ4n) is 2.72. The number of ketones is 1. The van der Waals surface area contributed by atoms with Gasteiger partial charge in [0.25, 0.3) is 0 Å². The summed E-state index contributed by atoms with van der Waals surface area (Å²) in [4.78, 5) is 54.7. The van der Waals surface area contributed by atoms with Crippen molar-refractivity contribution in [3.05, 3.63) is 17.7 Å². The Morgan fingerprint density at radius 2 is 1.79 bits per heavy atom. The highest BCUT2D eigenvalue weighted by Gasteiger charge is 2.35. The van der Waals surface area contributed by atoms with Crippen LogP contribution in [0.3, 0.4) is 0 Å². The van der Waals surface area contributed by atoms with Crippen LogP contribution in [0.4, 0.5) is 0 Å². The van der Waals surface area contributed by atoms with Crippen LogP contribution in [0, 0.1) is 5.41 Å². The maximum Gasteiger partial charge on any atom is 0.466 e. The van der Waals surface area contributed by atoms with Gasteiger partial charge < -0.3 is 35.2 Å². The Morgan fingerprint density at radius 3 is 2.12 bits per heavy atom. The van der Waals surface area contributed by atoms with Crippen molar-refractivity contribution in [1.29, 1.82) is 5.41 Å². The molecule has 0 unspecified atom stereocenters. The summed E-state index contributed by atoms with van der Waals surface area (Å²) in [6, 6.07) is -0.719. The lowest BCUT2D eigenvalue weighted by Crippen LogP contribution is -2.57. The van der Waals surface area contributed by atoms with E-state index in [1.54, 1.807) is 13.0 Å². The van der Waals surface area contributed by atoms with Crippen LogP contribution in [0.25, 0.3) is 0 Å². The lowest BCUT2D eigenvalue weighted by Gasteiger charge is -2.36. The first-order valence-electron chi connectivity index (χ1n) is 10.3. The lowest BCUT2D eigenvalue weighted by atomic mass is 9.88. The Kier molecular flexibility index (Phi) is 17.3. The number of amides is 1. The molecule has 1 rings (SSSR count). The summed E-state index contributed by atoms with van der Waals surface area (Å²) in [6.07, 6.45) is 4.55. The van der Waals surface area contributed by atoms with Gasteiger partial charge in [0, 0.05) is 24.6 Å². The van der Waals surface area contributed by atoms with E-state index in [-0.39, 0.29) is 35.8 Å². The largest absolute Gasteiger partial charge is 0.466 e. The van der Waals surface area contributed by atoms with Gasteiger partial charge in [0.05, 0.1) is 24.9 Å². The molecule has 0 aliphatic heterocycles. The number of ether oxygens (including phenoxy) is 2. The highest BCUT2D eigenvalue weighted by molar-refractivity contribution is 7.45. The number of carbonyl (C=O) groups is 3. The van der Waals surface area contributed by atoms with E-state index in [0.29, 0.717) is 18.6 Å². The van der Waals surface area contributed by atoms with Crippen LogP contribution in [-0.4, -0.2) is 69.1 Å². The van der Waals surface area contributed by atoms with Crippen molar-refractivity contribution >= 4 is 31.4 Å². The molecule has 0 bridgehead atoms. The molecule has 0 aromatic rings. The Bertz CT molecular complexity index is 748. The molecule has 7 N–H and O–H groups in total. The average molecular weight is 493 g/mol. The van der Waals surface area contributed by atoms with Gasteiger partial charge in [0.15, 0.2) is 5.78 Å². The minimum atomic E-state index is -4.64. The van der Waals surface area contributed by atoms with Gasteiger partial charge in [0.1, 0.15) is 0 Å². The first-order valence-corrected chi connectivity index (χ1v) is 11.9. The molecule has 0 aromatic heterocycles. The van der Waals surface area contributed by atoms with Gasteiger partial charge in [-0.25, -0.2) is 9.36 Å². The van der Waals surface area contributed by atoms with Gasteiger partial charge in [0.2, 0.25) is 5.91 Å². The molecule has 0 saturated heterocycles. The number of nitrogens with one attached hydrogen (secondary N) is 2. The molecule has 190 valence electrons. The van der Waals surface area contributed by atoms with Crippen LogP contribution in [-0.2, 0) is 28.4 Å². The Labute approximate surface area is 194 Å². The van der Waals surface area contributed by atoms with Crippen LogP contribution in [0.5, 0.6) is 0 Å². The molecule has 0 radical (unpaired) electrons. The molecule has 1 amide bonds. The second-order valence-corrected chi connectivity index (χ2v) is 7.99. The van der Waals surface area contributed by atoms with Crippen molar-refractivity contribution in [2.75, 3.05) is 6.61 Å². The summed E-state index contributed by atoms with van der Waals surface area (Å²) in [7, 11) is -4.64. The minimum absolute atomic E-state index is 0.0613. The van der Waals surface area contributed by atoms with E-state index in [9.17, 15) is 14.4 Å². The van der Waals surface area contributed by atoms with Crippen LogP contribution in [0.1, 0.15) is 53.9 Å². The van der Waals surface area contributed by atoms with Crippen molar-refractivity contribution in [3.63, 3.8) is 0 Å². The van der Waals surface area contributed by atoms with Crippen molar-refractivity contribution in [1.82, 2.24) is 5.32 Å². The summed E-state index contributed by atoms with van der Waals surface area (Å²) < 4.78 is 20.0. The van der Waals surface area contributed by atoms with Gasteiger partial charge in [-0.05, 0) is 45.1 Å². The molecule has 12 nitrogen and oxygen atoms in total. The SMILES string of the molecule is CC(=O)C=C=N.CCOC(=O)C1=C[C@@H](OC(CC)CC)[C@H](NC(C)=O)[C@@H](N)C1.O=P(O)(O)O. The molecule has 33 heavy (non-hydrogen) atoms. The van der Waals surface area contributed by atoms with Crippen LogP contribution in [0.15, 0.2) is 17.7 Å². The van der Waals surface area contributed by atoms with E-state index >= 15 is 0 Å². The first-order chi connectivity index (χ1) is 15.2. The fraction of sp³-hybridized carbons (Fsp3) is 0.650. The summed E-state index contributed by atoms with van der Waals surface area (Å²) in [5.41, 5.74) is 6.68. The second kappa shape index (κ2) is 17.3. The van der Waals surface area contributed by atoms with Crippen molar-refractivity contribution < 1.29 is 43.1 Å². The van der Waals surface area contributed by atoms with E-state index in [0.717, 1.165) is 18.9 Å². The Hall–Kier alpha value is -2.17. The molecule has 0 fully saturated rings. The highest BCUT2D eigenvalue weighted by Crippen LogP contribution is 2.26. The summed E-state index contributed by atoms with van der Waals surface area (Å²) in [5, 5.41) is 9.05. The number of esters is 1. The van der Waals surface area contributed by atoms with Crippen molar-refractivity contribution in [3.8, 4) is 0 Å². The summed E-state index contributed by atoms with van der Waals surface area (Å²) in [6.45, 7) is 8.99. The normalized spacial score (nSPS) is 19.5. The number of carbonyl (C=O) groups excluding carboxylic acids is 3. The van der Waals surface area contributed by atoms with E-state index in [1.807, 2.05) is 19.7 Å². The lowest BCUT2D eigenvalue weighted by molar-refractivity contribution is -0.139. The molecule has 13 heteroatoms. The molecular weight excluding hydrogens is 457 g/mol. The van der Waals surface area contributed by atoms with Gasteiger partial charge in [-0.1, -0.05) is 13.8 Å². The number of phosphoric acid groups is 1. The maximum absolute atomic E-state index is 12.0. The van der Waals surface area contributed by atoms with E-state index in [4.69, 9.17) is 39.9 Å². The van der Waals surface area contributed by atoms with Gasteiger partial charge >= 0.3 is 13.8 Å². The quantitative estimate of drug-likeness (QED) is 0.121. The van der Waals surface area contributed by atoms with E-state index < -0.39 is 13.9 Å². The Morgan fingerprint density at radius 1 is 1.27 bits per heavy atom. The van der Waals surface area contributed by atoms with Crippen molar-refractivity contribution in [2.45, 2.75) is 78.2 Å². The topological polar surface area (TPSA) is 209 Å². The molecule has 0 aromatic carbocycles. The number of hydrogen-bond acceptors (Lipinski definition) is 8. The zero-order valence-electron chi connectivity index (χ0n) is 19.6. The maximum atomic E-state index is 12.0. The van der Waals surface area contributed by atoms with Crippen LogP contribution >= 0.6 is 7.82 Å². The van der Waals surface area contributed by atoms with Crippen molar-refractivity contribution in [2.24, 2.45) is 5.73 Å². The average Bonchev–Trinajstić information content (AvgIpc) is 2.67. The van der Waals surface area contributed by atoms with E-state index in [1.165, 1.54) is 13.8 Å². The molecule has 0 saturated carbocycles. The third-order valence-corrected chi connectivity index (χ3v) is 4.08. The molecule has 1 aliphatic carbocycles. The summed E-state index contributed by atoms with van der Waals surface area (Å²) >= 11 is 0. The summed E-state index contributed by atoms with van der Waals surface area (Å²) in [5.74, 6) is 1.18. The number of nitrogens with two attached hydrogens (primary N) is 1. The molecular formula is C20H36N3O9P. The third kappa shape index (κ3) is 18.0. The van der Waals surface area contributed by atoms with Gasteiger partial charge in [-0.2, -0.15) is 0 Å². The standard InChI is InChI=1S/C16H28N2O4.C4H5NO.H3O4P/c1-5-12(6-2)22-14-9-11(16(20)21-7-3)8-13(17)15(14)18-10(4)19;1-4(6)2-3-5;1-5(2,3)4/h9,12-15H,5-8,17H2,1-4H3,(H,18,19);2,5H,1H3;(H3,1,2,3,4)/t13-,14+,15+;;/m0../s1. The van der Waals surface area contributed by atoms with Gasteiger partial charge in [-0.15, -0.1) is 0 Å². The minimum Gasteiger partial charge on any atom is -0.463 e. The molecule has 3 atom stereocenters. The number of hydrogen-bond donors (Lipinski definition) is 6. The van der Waals surface area contributed by atoms with Crippen LogP contribution < -0.4 is 11.1 Å². The monoisotopic (exact) mass is 493 g/mol. The second-order valence-electron chi connectivity index (χ2n) is 6.96. The third-order valence-electron chi connectivity index (χ3n) is 4.08.